The van der Waals surface area contributed by atoms with Crippen molar-refractivity contribution in [2.45, 2.75) is 19.5 Å². The van der Waals surface area contributed by atoms with E-state index in [9.17, 15) is 13.2 Å². The summed E-state index contributed by atoms with van der Waals surface area (Å²) in [6, 6.07) is 0.872. The molecule has 4 nitrogen and oxygen atoms in total. The third-order valence-corrected chi connectivity index (χ3v) is 1.81. The van der Waals surface area contributed by atoms with Gasteiger partial charge in [0.2, 0.25) is 5.95 Å². The standard InChI is InChI=1S/C9H13F3N4/c1-3-4-14-8-15-6(9(10,11)12)5-7(13-2)16-8/h5H,3-4H2,1-2H3,(H2,13,14,15,16). The van der Waals surface area contributed by atoms with Crippen LogP contribution in [-0.2, 0) is 6.18 Å². The second-order valence-corrected chi connectivity index (χ2v) is 3.14. The minimum atomic E-state index is -4.46. The van der Waals surface area contributed by atoms with E-state index in [4.69, 9.17) is 0 Å². The Morgan fingerprint density at radius 3 is 2.50 bits per heavy atom. The molecule has 90 valence electrons. The molecule has 0 saturated carbocycles. The van der Waals surface area contributed by atoms with Crippen molar-refractivity contribution in [2.75, 3.05) is 24.2 Å². The molecule has 16 heavy (non-hydrogen) atoms. The number of rotatable bonds is 4. The quantitative estimate of drug-likeness (QED) is 0.839. The van der Waals surface area contributed by atoms with E-state index in [0.717, 1.165) is 12.5 Å². The molecule has 1 aromatic rings. The first-order valence-corrected chi connectivity index (χ1v) is 4.85. The zero-order valence-electron chi connectivity index (χ0n) is 9.02. The molecule has 2 N–H and O–H groups in total. The van der Waals surface area contributed by atoms with Crippen LogP contribution in [0.2, 0.25) is 0 Å². The van der Waals surface area contributed by atoms with Gasteiger partial charge in [0.25, 0.3) is 0 Å². The summed E-state index contributed by atoms with van der Waals surface area (Å²) in [5.41, 5.74) is -0.953. The van der Waals surface area contributed by atoms with Gasteiger partial charge in [-0.3, -0.25) is 0 Å². The maximum atomic E-state index is 12.5. The first-order chi connectivity index (χ1) is 7.47. The number of nitrogens with one attached hydrogen (secondary N) is 2. The molecule has 7 heteroatoms. The summed E-state index contributed by atoms with van der Waals surface area (Å²) in [5, 5.41) is 5.28. The van der Waals surface area contributed by atoms with Gasteiger partial charge in [-0.2, -0.15) is 18.2 Å². The highest BCUT2D eigenvalue weighted by atomic mass is 19.4. The van der Waals surface area contributed by atoms with Crippen molar-refractivity contribution in [2.24, 2.45) is 0 Å². The SMILES string of the molecule is CCCNc1nc(NC)cc(C(F)(F)F)n1. The van der Waals surface area contributed by atoms with Crippen LogP contribution < -0.4 is 10.6 Å². The number of halogens is 3. The predicted octanol–water partition coefficient (Wildman–Crippen LogP) is 2.36. The van der Waals surface area contributed by atoms with Crippen LogP contribution in [0, 0.1) is 0 Å². The van der Waals surface area contributed by atoms with Crippen LogP contribution >= 0.6 is 0 Å². The molecule has 0 fully saturated rings. The fourth-order valence-electron chi connectivity index (χ4n) is 1.04. The molecule has 1 heterocycles. The highest BCUT2D eigenvalue weighted by molar-refractivity contribution is 5.42. The Bertz CT molecular complexity index is 351. The van der Waals surface area contributed by atoms with Crippen LogP contribution in [0.3, 0.4) is 0 Å². The van der Waals surface area contributed by atoms with Crippen molar-refractivity contribution < 1.29 is 13.2 Å². The van der Waals surface area contributed by atoms with Crippen molar-refractivity contribution >= 4 is 11.8 Å². The smallest absolute Gasteiger partial charge is 0.373 e. The van der Waals surface area contributed by atoms with E-state index in [-0.39, 0.29) is 11.8 Å². The summed E-state index contributed by atoms with van der Waals surface area (Å²) in [6.45, 7) is 2.43. The van der Waals surface area contributed by atoms with Gasteiger partial charge in [-0.1, -0.05) is 6.92 Å². The lowest BCUT2D eigenvalue weighted by Gasteiger charge is -2.10. The van der Waals surface area contributed by atoms with Crippen molar-refractivity contribution in [3.05, 3.63) is 11.8 Å². The predicted molar refractivity (Wildman–Crippen MR) is 55.4 cm³/mol. The molecule has 0 spiro atoms. The molecule has 0 bridgehead atoms. The van der Waals surface area contributed by atoms with Gasteiger partial charge in [-0.05, 0) is 6.42 Å². The molecule has 0 saturated heterocycles. The Labute approximate surface area is 91.3 Å². The Hall–Kier alpha value is -1.53. The minimum Gasteiger partial charge on any atom is -0.373 e. The fraction of sp³-hybridized carbons (Fsp3) is 0.556. The third kappa shape index (κ3) is 3.25. The lowest BCUT2D eigenvalue weighted by atomic mass is 10.4. The normalized spacial score (nSPS) is 11.3. The van der Waals surface area contributed by atoms with E-state index < -0.39 is 11.9 Å². The summed E-state index contributed by atoms with van der Waals surface area (Å²) < 4.78 is 37.4. The summed E-state index contributed by atoms with van der Waals surface area (Å²) in [4.78, 5) is 7.27. The van der Waals surface area contributed by atoms with Crippen LogP contribution in [-0.4, -0.2) is 23.6 Å². The zero-order valence-corrected chi connectivity index (χ0v) is 9.02. The summed E-state index contributed by atoms with van der Waals surface area (Å²) in [7, 11) is 1.51. The second-order valence-electron chi connectivity index (χ2n) is 3.14. The van der Waals surface area contributed by atoms with Gasteiger partial charge in [0.1, 0.15) is 5.82 Å². The van der Waals surface area contributed by atoms with Gasteiger partial charge in [-0.25, -0.2) is 4.98 Å². The zero-order chi connectivity index (χ0) is 12.2. The summed E-state index contributed by atoms with van der Waals surface area (Å²) >= 11 is 0. The number of alkyl halides is 3. The van der Waals surface area contributed by atoms with Crippen LogP contribution in [0.25, 0.3) is 0 Å². The van der Waals surface area contributed by atoms with Gasteiger partial charge in [-0.15, -0.1) is 0 Å². The largest absolute Gasteiger partial charge is 0.433 e. The molecular weight excluding hydrogens is 221 g/mol. The first kappa shape index (κ1) is 12.5. The van der Waals surface area contributed by atoms with E-state index in [1.54, 1.807) is 0 Å². The maximum Gasteiger partial charge on any atom is 0.433 e. The van der Waals surface area contributed by atoms with E-state index in [1.165, 1.54) is 7.05 Å². The molecule has 1 rings (SSSR count). The lowest BCUT2D eigenvalue weighted by Crippen LogP contribution is -2.13. The second kappa shape index (κ2) is 5.00. The molecule has 0 atom stereocenters. The highest BCUT2D eigenvalue weighted by Gasteiger charge is 2.33. The van der Waals surface area contributed by atoms with Crippen LogP contribution in [0.1, 0.15) is 19.0 Å². The molecular formula is C9H13F3N4. The van der Waals surface area contributed by atoms with Gasteiger partial charge in [0.15, 0.2) is 5.69 Å². The number of anilines is 2. The lowest BCUT2D eigenvalue weighted by molar-refractivity contribution is -0.141. The van der Waals surface area contributed by atoms with Crippen LogP contribution in [0.15, 0.2) is 6.07 Å². The number of aromatic nitrogens is 2. The van der Waals surface area contributed by atoms with E-state index in [0.29, 0.717) is 6.54 Å². The third-order valence-electron chi connectivity index (χ3n) is 1.81. The van der Waals surface area contributed by atoms with Gasteiger partial charge in [0, 0.05) is 19.7 Å². The van der Waals surface area contributed by atoms with Crippen LogP contribution in [0.4, 0.5) is 24.9 Å². The number of hydrogen-bond acceptors (Lipinski definition) is 4. The molecule has 0 aliphatic rings. The summed E-state index contributed by atoms with van der Waals surface area (Å²) in [6.07, 6.45) is -3.67. The number of nitrogens with zero attached hydrogens (tertiary/aromatic N) is 2. The molecule has 0 radical (unpaired) electrons. The monoisotopic (exact) mass is 234 g/mol. The van der Waals surface area contributed by atoms with Crippen LogP contribution in [0.5, 0.6) is 0 Å². The highest BCUT2D eigenvalue weighted by Crippen LogP contribution is 2.29. The number of hydrogen-bond donors (Lipinski definition) is 2. The van der Waals surface area contributed by atoms with E-state index in [1.807, 2.05) is 6.92 Å². The summed E-state index contributed by atoms with van der Waals surface area (Å²) in [5.74, 6) is 0.127. The van der Waals surface area contributed by atoms with E-state index >= 15 is 0 Å². The van der Waals surface area contributed by atoms with Crippen molar-refractivity contribution in [1.29, 1.82) is 0 Å². The molecule has 0 aliphatic carbocycles. The average Bonchev–Trinajstić information content (AvgIpc) is 2.24. The average molecular weight is 234 g/mol. The van der Waals surface area contributed by atoms with Crippen molar-refractivity contribution in [3.63, 3.8) is 0 Å². The first-order valence-electron chi connectivity index (χ1n) is 4.85. The molecule has 0 amide bonds. The maximum absolute atomic E-state index is 12.5. The Kier molecular flexibility index (Phi) is 3.92. The van der Waals surface area contributed by atoms with E-state index in [2.05, 4.69) is 20.6 Å². The molecule has 1 aromatic heterocycles. The topological polar surface area (TPSA) is 49.8 Å². The molecule has 0 aromatic carbocycles. The van der Waals surface area contributed by atoms with Gasteiger partial charge >= 0.3 is 6.18 Å². The van der Waals surface area contributed by atoms with Crippen molar-refractivity contribution in [1.82, 2.24) is 9.97 Å². The Morgan fingerprint density at radius 2 is 2.00 bits per heavy atom. The van der Waals surface area contributed by atoms with Crippen molar-refractivity contribution in [3.8, 4) is 0 Å². The fourth-order valence-corrected chi connectivity index (χ4v) is 1.04. The molecule has 0 aliphatic heterocycles. The minimum absolute atomic E-state index is 0.0129. The van der Waals surface area contributed by atoms with Gasteiger partial charge in [0.05, 0.1) is 0 Å². The molecule has 0 unspecified atom stereocenters. The van der Waals surface area contributed by atoms with Gasteiger partial charge < -0.3 is 10.6 Å². The Morgan fingerprint density at radius 1 is 1.31 bits per heavy atom. The Balaban J connectivity index is 3.01.